The van der Waals surface area contributed by atoms with E-state index in [1.807, 2.05) is 21.7 Å². The van der Waals surface area contributed by atoms with Gasteiger partial charge in [0.05, 0.1) is 0 Å². The fraction of sp³-hybridized carbons (Fsp3) is 0.357. The number of hydrogen-bond acceptors (Lipinski definition) is 4. The third-order valence-electron chi connectivity index (χ3n) is 3.44. The van der Waals surface area contributed by atoms with E-state index in [1.165, 1.54) is 16.8 Å². The molecule has 2 aromatic heterocycles. The Morgan fingerprint density at radius 1 is 1.38 bits per heavy atom. The van der Waals surface area contributed by atoms with Gasteiger partial charge in [0, 0.05) is 24.8 Å². The van der Waals surface area contributed by atoms with Crippen LogP contribution in [-0.4, -0.2) is 26.4 Å². The van der Waals surface area contributed by atoms with Crippen LogP contribution in [0.1, 0.15) is 18.4 Å². The number of amides is 1. The lowest BCUT2D eigenvalue weighted by molar-refractivity contribution is -0.133. The monoisotopic (exact) mass is 305 g/mol. The quantitative estimate of drug-likeness (QED) is 0.887. The van der Waals surface area contributed by atoms with Crippen LogP contribution in [0.15, 0.2) is 38.7 Å². The molecule has 1 N–H and O–H groups in total. The molecule has 0 aliphatic heterocycles. The van der Waals surface area contributed by atoms with E-state index >= 15 is 0 Å². The Morgan fingerprint density at radius 3 is 2.81 bits per heavy atom. The van der Waals surface area contributed by atoms with Gasteiger partial charge < -0.3 is 4.90 Å². The van der Waals surface area contributed by atoms with Crippen molar-refractivity contribution in [1.82, 2.24) is 14.5 Å². The molecule has 21 heavy (non-hydrogen) atoms. The van der Waals surface area contributed by atoms with Crippen molar-refractivity contribution in [3.05, 3.63) is 55.5 Å². The van der Waals surface area contributed by atoms with Crippen LogP contribution in [0.4, 0.5) is 0 Å². The van der Waals surface area contributed by atoms with Crippen LogP contribution >= 0.6 is 11.3 Å². The summed E-state index contributed by atoms with van der Waals surface area (Å²) in [5, 5.41) is 4.01. The van der Waals surface area contributed by atoms with Gasteiger partial charge in [0.2, 0.25) is 5.91 Å². The second kappa shape index (κ2) is 5.69. The molecule has 0 bridgehead atoms. The predicted molar refractivity (Wildman–Crippen MR) is 79.2 cm³/mol. The molecule has 7 heteroatoms. The fourth-order valence-corrected chi connectivity index (χ4v) is 2.85. The van der Waals surface area contributed by atoms with Crippen LogP contribution in [0.25, 0.3) is 0 Å². The first kappa shape index (κ1) is 13.8. The minimum Gasteiger partial charge on any atom is -0.334 e. The number of aromatic nitrogens is 2. The molecule has 0 unspecified atom stereocenters. The zero-order valence-electron chi connectivity index (χ0n) is 11.3. The third-order valence-corrected chi connectivity index (χ3v) is 4.18. The standard InChI is InChI=1S/C14H15N3O3S/c18-12-3-5-16(14(20)15-12)8-13(19)17(11-1-2-11)7-10-4-6-21-9-10/h3-6,9,11H,1-2,7-8H2,(H,15,18,20). The summed E-state index contributed by atoms with van der Waals surface area (Å²) in [6.07, 6.45) is 3.38. The molecule has 3 rings (SSSR count). The van der Waals surface area contributed by atoms with E-state index in [9.17, 15) is 14.4 Å². The van der Waals surface area contributed by atoms with Gasteiger partial charge in [0.25, 0.3) is 5.56 Å². The smallest absolute Gasteiger partial charge is 0.328 e. The van der Waals surface area contributed by atoms with Crippen molar-refractivity contribution in [2.75, 3.05) is 0 Å². The number of H-pyrrole nitrogens is 1. The summed E-state index contributed by atoms with van der Waals surface area (Å²) in [7, 11) is 0. The Hall–Kier alpha value is -2.15. The molecule has 110 valence electrons. The highest BCUT2D eigenvalue weighted by molar-refractivity contribution is 7.07. The lowest BCUT2D eigenvalue weighted by Gasteiger charge is -2.22. The summed E-state index contributed by atoms with van der Waals surface area (Å²) in [6.45, 7) is 0.529. The first-order chi connectivity index (χ1) is 10.1. The summed E-state index contributed by atoms with van der Waals surface area (Å²) in [6, 6.07) is 3.52. The van der Waals surface area contributed by atoms with E-state index in [4.69, 9.17) is 0 Å². The largest absolute Gasteiger partial charge is 0.334 e. The number of rotatable bonds is 5. The molecular weight excluding hydrogens is 290 g/mol. The van der Waals surface area contributed by atoms with Crippen LogP contribution in [0.5, 0.6) is 0 Å². The predicted octanol–water partition coefficient (Wildman–Crippen LogP) is 0.789. The van der Waals surface area contributed by atoms with Gasteiger partial charge in [0.1, 0.15) is 6.54 Å². The average Bonchev–Trinajstić information content (AvgIpc) is 3.16. The molecule has 1 saturated carbocycles. The van der Waals surface area contributed by atoms with Gasteiger partial charge in [-0.15, -0.1) is 0 Å². The average molecular weight is 305 g/mol. The number of carbonyl (C=O) groups excluding carboxylic acids is 1. The topological polar surface area (TPSA) is 75.2 Å². The molecule has 1 fully saturated rings. The molecule has 2 aromatic rings. The molecule has 1 aliphatic carbocycles. The maximum atomic E-state index is 12.4. The molecule has 1 amide bonds. The maximum absolute atomic E-state index is 12.4. The van der Waals surface area contributed by atoms with Crippen LogP contribution in [0, 0.1) is 0 Å². The van der Waals surface area contributed by atoms with Crippen LogP contribution < -0.4 is 11.2 Å². The van der Waals surface area contributed by atoms with Crippen molar-refractivity contribution in [1.29, 1.82) is 0 Å². The van der Waals surface area contributed by atoms with Gasteiger partial charge in [-0.05, 0) is 35.2 Å². The van der Waals surface area contributed by atoms with E-state index in [1.54, 1.807) is 11.3 Å². The second-order valence-electron chi connectivity index (χ2n) is 5.12. The van der Waals surface area contributed by atoms with Gasteiger partial charge >= 0.3 is 5.69 Å². The van der Waals surface area contributed by atoms with Crippen LogP contribution in [0.2, 0.25) is 0 Å². The number of hydrogen-bond donors (Lipinski definition) is 1. The lowest BCUT2D eigenvalue weighted by Crippen LogP contribution is -2.39. The van der Waals surface area contributed by atoms with Crippen LogP contribution in [-0.2, 0) is 17.9 Å². The van der Waals surface area contributed by atoms with Crippen molar-refractivity contribution in [3.63, 3.8) is 0 Å². The molecule has 0 saturated heterocycles. The molecule has 2 heterocycles. The van der Waals surface area contributed by atoms with Crippen molar-refractivity contribution < 1.29 is 4.79 Å². The fourth-order valence-electron chi connectivity index (χ4n) is 2.19. The van der Waals surface area contributed by atoms with Gasteiger partial charge in [-0.2, -0.15) is 11.3 Å². The zero-order chi connectivity index (χ0) is 14.8. The van der Waals surface area contributed by atoms with Crippen molar-refractivity contribution in [2.45, 2.75) is 32.0 Å². The van der Waals surface area contributed by atoms with Gasteiger partial charge in [-0.1, -0.05) is 0 Å². The molecule has 1 aliphatic rings. The maximum Gasteiger partial charge on any atom is 0.328 e. The summed E-state index contributed by atoms with van der Waals surface area (Å²) < 4.78 is 1.23. The number of nitrogens with one attached hydrogen (secondary N) is 1. The summed E-state index contributed by atoms with van der Waals surface area (Å²) in [5.74, 6) is -0.0992. The van der Waals surface area contributed by atoms with E-state index < -0.39 is 11.2 Å². The van der Waals surface area contributed by atoms with Crippen LogP contribution in [0.3, 0.4) is 0 Å². The molecule has 0 radical (unpaired) electrons. The van der Waals surface area contributed by atoms with E-state index in [2.05, 4.69) is 4.98 Å². The first-order valence-electron chi connectivity index (χ1n) is 6.74. The Labute approximate surface area is 124 Å². The Bertz CT molecular complexity index is 743. The lowest BCUT2D eigenvalue weighted by atomic mass is 10.3. The van der Waals surface area contributed by atoms with Gasteiger partial charge in [0.15, 0.2) is 0 Å². The SMILES string of the molecule is O=C(Cn1ccc(=O)[nH]c1=O)N(Cc1ccsc1)C1CC1. The number of carbonyl (C=O) groups is 1. The van der Waals surface area contributed by atoms with E-state index in [0.29, 0.717) is 6.54 Å². The van der Waals surface area contributed by atoms with E-state index in [0.717, 1.165) is 18.4 Å². The van der Waals surface area contributed by atoms with Crippen molar-refractivity contribution in [2.24, 2.45) is 0 Å². The summed E-state index contributed by atoms with van der Waals surface area (Å²) in [5.41, 5.74) is 0.0946. The highest BCUT2D eigenvalue weighted by Crippen LogP contribution is 2.29. The number of aromatic amines is 1. The zero-order valence-corrected chi connectivity index (χ0v) is 12.1. The van der Waals surface area contributed by atoms with Gasteiger partial charge in [-0.25, -0.2) is 4.79 Å². The highest BCUT2D eigenvalue weighted by Gasteiger charge is 2.32. The molecule has 0 atom stereocenters. The molecular formula is C14H15N3O3S. The number of nitrogens with zero attached hydrogens (tertiary/aromatic N) is 2. The number of thiophene rings is 1. The Morgan fingerprint density at radius 2 is 2.19 bits per heavy atom. The van der Waals surface area contributed by atoms with Crippen molar-refractivity contribution in [3.8, 4) is 0 Å². The van der Waals surface area contributed by atoms with E-state index in [-0.39, 0.29) is 18.5 Å². The molecule has 0 spiro atoms. The molecule has 0 aromatic carbocycles. The third kappa shape index (κ3) is 3.30. The first-order valence-corrected chi connectivity index (χ1v) is 7.68. The molecule has 6 nitrogen and oxygen atoms in total. The normalized spacial score (nSPS) is 14.1. The Kier molecular flexibility index (Phi) is 3.74. The summed E-state index contributed by atoms with van der Waals surface area (Å²) >= 11 is 1.60. The summed E-state index contributed by atoms with van der Waals surface area (Å²) in [4.78, 5) is 39.1. The minimum absolute atomic E-state index is 0.0454. The second-order valence-corrected chi connectivity index (χ2v) is 5.90. The van der Waals surface area contributed by atoms with Crippen molar-refractivity contribution >= 4 is 17.2 Å². The Balaban J connectivity index is 1.75. The minimum atomic E-state index is -0.554. The van der Waals surface area contributed by atoms with Gasteiger partial charge in [-0.3, -0.25) is 19.1 Å². The highest BCUT2D eigenvalue weighted by atomic mass is 32.1.